The summed E-state index contributed by atoms with van der Waals surface area (Å²) in [6.45, 7) is 10.2. The van der Waals surface area contributed by atoms with E-state index in [9.17, 15) is 5.11 Å². The molecule has 1 N–H and O–H groups in total. The van der Waals surface area contributed by atoms with Crippen LogP contribution in [0.5, 0.6) is 0 Å². The normalized spacial score (nSPS) is 14.3. The van der Waals surface area contributed by atoms with Gasteiger partial charge in [0.05, 0.1) is 5.60 Å². The van der Waals surface area contributed by atoms with Crippen molar-refractivity contribution in [1.82, 2.24) is 0 Å². The van der Waals surface area contributed by atoms with Gasteiger partial charge >= 0.3 is 0 Å². The molecule has 0 radical (unpaired) electrons. The minimum absolute atomic E-state index is 0.193. The molecular formula is C14H22O. The SMILES string of the molecule is Cc1ccc(C(C(C)C)C(C)(C)O)cc1. The number of aliphatic hydroxyl groups is 1. The van der Waals surface area contributed by atoms with E-state index in [0.29, 0.717) is 5.92 Å². The first-order chi connectivity index (χ1) is 6.82. The number of rotatable bonds is 3. The van der Waals surface area contributed by atoms with E-state index in [-0.39, 0.29) is 5.92 Å². The van der Waals surface area contributed by atoms with Crippen molar-refractivity contribution in [1.29, 1.82) is 0 Å². The first-order valence-electron chi connectivity index (χ1n) is 5.61. The van der Waals surface area contributed by atoms with Crippen LogP contribution < -0.4 is 0 Å². The Morgan fingerprint density at radius 1 is 1.07 bits per heavy atom. The van der Waals surface area contributed by atoms with Gasteiger partial charge in [-0.25, -0.2) is 0 Å². The zero-order valence-corrected chi connectivity index (χ0v) is 10.4. The second kappa shape index (κ2) is 4.36. The molecule has 1 heteroatoms. The summed E-state index contributed by atoms with van der Waals surface area (Å²) in [5, 5.41) is 10.2. The highest BCUT2D eigenvalue weighted by Crippen LogP contribution is 2.34. The highest BCUT2D eigenvalue weighted by atomic mass is 16.3. The van der Waals surface area contributed by atoms with Gasteiger partial charge in [0.2, 0.25) is 0 Å². The van der Waals surface area contributed by atoms with E-state index in [2.05, 4.69) is 45.0 Å². The molecular weight excluding hydrogens is 184 g/mol. The molecule has 0 aliphatic heterocycles. The Morgan fingerprint density at radius 3 is 1.87 bits per heavy atom. The summed E-state index contributed by atoms with van der Waals surface area (Å²) >= 11 is 0. The highest BCUT2D eigenvalue weighted by molar-refractivity contribution is 5.26. The predicted octanol–water partition coefficient (Wildman–Crippen LogP) is 3.51. The molecule has 0 fully saturated rings. The summed E-state index contributed by atoms with van der Waals surface area (Å²) in [4.78, 5) is 0. The van der Waals surface area contributed by atoms with Gasteiger partial charge in [-0.15, -0.1) is 0 Å². The van der Waals surface area contributed by atoms with Crippen molar-refractivity contribution in [3.05, 3.63) is 35.4 Å². The first-order valence-corrected chi connectivity index (χ1v) is 5.61. The molecule has 0 aromatic heterocycles. The van der Waals surface area contributed by atoms with Crippen LogP contribution in [0.3, 0.4) is 0 Å². The molecule has 0 amide bonds. The molecule has 0 saturated carbocycles. The summed E-state index contributed by atoms with van der Waals surface area (Å²) in [7, 11) is 0. The maximum Gasteiger partial charge on any atom is 0.0662 e. The average Bonchev–Trinajstić information content (AvgIpc) is 2.05. The van der Waals surface area contributed by atoms with Crippen LogP contribution in [-0.4, -0.2) is 10.7 Å². The molecule has 84 valence electrons. The smallest absolute Gasteiger partial charge is 0.0662 e. The van der Waals surface area contributed by atoms with Crippen LogP contribution in [-0.2, 0) is 0 Å². The molecule has 1 aromatic carbocycles. The lowest BCUT2D eigenvalue weighted by molar-refractivity contribution is 0.0332. The van der Waals surface area contributed by atoms with Gasteiger partial charge in [0, 0.05) is 5.92 Å². The Balaban J connectivity index is 3.05. The summed E-state index contributed by atoms with van der Waals surface area (Å²) in [5.41, 5.74) is 1.82. The van der Waals surface area contributed by atoms with E-state index >= 15 is 0 Å². The lowest BCUT2D eigenvalue weighted by atomic mass is 9.77. The Morgan fingerprint density at radius 2 is 1.53 bits per heavy atom. The average molecular weight is 206 g/mol. The molecule has 0 aliphatic carbocycles. The fourth-order valence-electron chi connectivity index (χ4n) is 2.38. The van der Waals surface area contributed by atoms with Crippen LogP contribution in [0.1, 0.15) is 44.7 Å². The second-order valence-corrected chi connectivity index (χ2v) is 5.29. The van der Waals surface area contributed by atoms with Crippen LogP contribution in [0.4, 0.5) is 0 Å². The first kappa shape index (κ1) is 12.3. The van der Waals surface area contributed by atoms with Crippen LogP contribution in [0, 0.1) is 12.8 Å². The third-order valence-electron chi connectivity index (χ3n) is 2.86. The maximum atomic E-state index is 10.2. The molecule has 15 heavy (non-hydrogen) atoms. The molecule has 1 atom stereocenters. The third-order valence-corrected chi connectivity index (χ3v) is 2.86. The van der Waals surface area contributed by atoms with Gasteiger partial charge in [0.25, 0.3) is 0 Å². The van der Waals surface area contributed by atoms with E-state index < -0.39 is 5.60 Å². The lowest BCUT2D eigenvalue weighted by Crippen LogP contribution is -2.32. The van der Waals surface area contributed by atoms with Crippen LogP contribution in [0.25, 0.3) is 0 Å². The van der Waals surface area contributed by atoms with Crippen molar-refractivity contribution in [3.63, 3.8) is 0 Å². The van der Waals surface area contributed by atoms with Crippen LogP contribution in [0.2, 0.25) is 0 Å². The van der Waals surface area contributed by atoms with Crippen molar-refractivity contribution >= 4 is 0 Å². The van der Waals surface area contributed by atoms with Crippen molar-refractivity contribution < 1.29 is 5.11 Å². The fraction of sp³-hybridized carbons (Fsp3) is 0.571. The standard InChI is InChI=1S/C14H22O/c1-10(2)13(14(4,5)15)12-8-6-11(3)7-9-12/h6-10,13,15H,1-5H3. The molecule has 1 nitrogen and oxygen atoms in total. The number of aryl methyl sites for hydroxylation is 1. The predicted molar refractivity (Wildman–Crippen MR) is 65.1 cm³/mol. The Hall–Kier alpha value is -0.820. The van der Waals surface area contributed by atoms with Gasteiger partial charge < -0.3 is 5.11 Å². The fourth-order valence-corrected chi connectivity index (χ4v) is 2.38. The van der Waals surface area contributed by atoms with Gasteiger partial charge in [0.15, 0.2) is 0 Å². The molecule has 0 heterocycles. The van der Waals surface area contributed by atoms with Gasteiger partial charge in [-0.2, -0.15) is 0 Å². The van der Waals surface area contributed by atoms with Crippen molar-refractivity contribution in [2.75, 3.05) is 0 Å². The number of benzene rings is 1. The van der Waals surface area contributed by atoms with Crippen LogP contribution >= 0.6 is 0 Å². The van der Waals surface area contributed by atoms with Gasteiger partial charge in [-0.3, -0.25) is 0 Å². The zero-order chi connectivity index (χ0) is 11.6. The van der Waals surface area contributed by atoms with E-state index in [1.54, 1.807) is 0 Å². The van der Waals surface area contributed by atoms with E-state index in [1.807, 2.05) is 13.8 Å². The molecule has 0 spiro atoms. The van der Waals surface area contributed by atoms with Gasteiger partial charge in [-0.05, 0) is 32.3 Å². The summed E-state index contributed by atoms with van der Waals surface area (Å²) in [6, 6.07) is 8.46. The summed E-state index contributed by atoms with van der Waals surface area (Å²) < 4.78 is 0. The Kier molecular flexibility index (Phi) is 3.56. The third kappa shape index (κ3) is 3.07. The largest absolute Gasteiger partial charge is 0.390 e. The van der Waals surface area contributed by atoms with Crippen molar-refractivity contribution in [3.8, 4) is 0 Å². The van der Waals surface area contributed by atoms with Crippen molar-refractivity contribution in [2.45, 2.75) is 46.1 Å². The van der Waals surface area contributed by atoms with E-state index in [1.165, 1.54) is 11.1 Å². The van der Waals surface area contributed by atoms with Crippen molar-refractivity contribution in [2.24, 2.45) is 5.92 Å². The minimum Gasteiger partial charge on any atom is -0.390 e. The zero-order valence-electron chi connectivity index (χ0n) is 10.4. The van der Waals surface area contributed by atoms with E-state index in [0.717, 1.165) is 0 Å². The monoisotopic (exact) mass is 206 g/mol. The minimum atomic E-state index is -0.663. The molecule has 1 unspecified atom stereocenters. The quantitative estimate of drug-likeness (QED) is 0.802. The Bertz CT molecular complexity index is 303. The topological polar surface area (TPSA) is 20.2 Å². The molecule has 1 aromatic rings. The molecule has 0 saturated heterocycles. The number of hydrogen-bond acceptors (Lipinski definition) is 1. The van der Waals surface area contributed by atoms with Crippen LogP contribution in [0.15, 0.2) is 24.3 Å². The lowest BCUT2D eigenvalue weighted by Gasteiger charge is -2.33. The molecule has 0 bridgehead atoms. The van der Waals surface area contributed by atoms with Gasteiger partial charge in [0.1, 0.15) is 0 Å². The Labute approximate surface area is 93.1 Å². The molecule has 1 rings (SSSR count). The molecule has 0 aliphatic rings. The highest BCUT2D eigenvalue weighted by Gasteiger charge is 2.30. The maximum absolute atomic E-state index is 10.2. The summed E-state index contributed by atoms with van der Waals surface area (Å²) in [5.74, 6) is 0.630. The second-order valence-electron chi connectivity index (χ2n) is 5.29. The number of hydrogen-bond donors (Lipinski definition) is 1. The summed E-state index contributed by atoms with van der Waals surface area (Å²) in [6.07, 6.45) is 0. The van der Waals surface area contributed by atoms with Gasteiger partial charge in [-0.1, -0.05) is 43.7 Å². The van der Waals surface area contributed by atoms with E-state index in [4.69, 9.17) is 0 Å².